The lowest BCUT2D eigenvalue weighted by molar-refractivity contribution is 0.560. The Morgan fingerprint density at radius 3 is 2.59 bits per heavy atom. The summed E-state index contributed by atoms with van der Waals surface area (Å²) in [6.45, 7) is 5.82. The van der Waals surface area contributed by atoms with E-state index < -0.39 is 15.1 Å². The third kappa shape index (κ3) is 1.83. The van der Waals surface area contributed by atoms with E-state index in [1.54, 1.807) is 6.07 Å². The monoisotopic (exact) mass is 254 g/mol. The number of hydrogen-bond acceptors (Lipinski definition) is 4. The van der Waals surface area contributed by atoms with Crippen molar-refractivity contribution in [2.75, 3.05) is 11.9 Å². The Morgan fingerprint density at radius 1 is 1.35 bits per heavy atom. The fourth-order valence-corrected chi connectivity index (χ4v) is 4.46. The van der Waals surface area contributed by atoms with E-state index in [4.69, 9.17) is 5.73 Å². The molecule has 4 nitrogen and oxygen atoms in total. The van der Waals surface area contributed by atoms with Crippen molar-refractivity contribution < 1.29 is 8.42 Å². The van der Waals surface area contributed by atoms with Crippen molar-refractivity contribution in [3.8, 4) is 0 Å². The van der Waals surface area contributed by atoms with Crippen molar-refractivity contribution in [1.29, 1.82) is 0 Å². The fourth-order valence-electron chi connectivity index (χ4n) is 2.42. The molecule has 0 saturated carbocycles. The zero-order valence-corrected chi connectivity index (χ0v) is 11.1. The first kappa shape index (κ1) is 12.4. The largest absolute Gasteiger partial charge is 0.380 e. The van der Waals surface area contributed by atoms with Crippen LogP contribution in [0, 0.1) is 13.8 Å². The quantitative estimate of drug-likeness (QED) is 0.790. The molecule has 3 N–H and O–H groups in total. The van der Waals surface area contributed by atoms with Gasteiger partial charge in [-0.2, -0.15) is 0 Å². The van der Waals surface area contributed by atoms with Gasteiger partial charge in [-0.05, 0) is 38.0 Å². The molecule has 0 aliphatic carbocycles. The number of rotatable bonds is 1. The van der Waals surface area contributed by atoms with Gasteiger partial charge in [-0.1, -0.05) is 6.07 Å². The molecule has 0 spiro atoms. The van der Waals surface area contributed by atoms with Gasteiger partial charge in [0.2, 0.25) is 0 Å². The van der Waals surface area contributed by atoms with Crippen molar-refractivity contribution in [2.24, 2.45) is 5.73 Å². The molecule has 1 aliphatic heterocycles. The van der Waals surface area contributed by atoms with Crippen LogP contribution >= 0.6 is 0 Å². The molecule has 1 heterocycles. The van der Waals surface area contributed by atoms with E-state index in [2.05, 4.69) is 5.32 Å². The number of nitrogens with two attached hydrogens (primary N) is 1. The van der Waals surface area contributed by atoms with Gasteiger partial charge in [0.15, 0.2) is 9.84 Å². The second-order valence-corrected chi connectivity index (χ2v) is 6.84. The van der Waals surface area contributed by atoms with Crippen LogP contribution < -0.4 is 11.1 Å². The summed E-state index contributed by atoms with van der Waals surface area (Å²) in [5.41, 5.74) is 8.23. The highest BCUT2D eigenvalue weighted by atomic mass is 32.2. The zero-order valence-electron chi connectivity index (χ0n) is 10.3. The van der Waals surface area contributed by atoms with Crippen LogP contribution in [0.25, 0.3) is 0 Å². The van der Waals surface area contributed by atoms with E-state index in [0.717, 1.165) is 16.8 Å². The second-order valence-electron chi connectivity index (χ2n) is 4.71. The molecule has 94 valence electrons. The summed E-state index contributed by atoms with van der Waals surface area (Å²) in [6.07, 6.45) is 0. The number of anilines is 1. The molecule has 2 rings (SSSR count). The molecule has 0 aromatic heterocycles. The van der Waals surface area contributed by atoms with E-state index in [0.29, 0.717) is 4.90 Å². The minimum Gasteiger partial charge on any atom is -0.380 e. The highest BCUT2D eigenvalue weighted by molar-refractivity contribution is 7.92. The molecule has 1 aromatic rings. The van der Waals surface area contributed by atoms with Crippen molar-refractivity contribution in [1.82, 2.24) is 0 Å². The third-order valence-electron chi connectivity index (χ3n) is 3.31. The summed E-state index contributed by atoms with van der Waals surface area (Å²) in [5.74, 6) is 0. The van der Waals surface area contributed by atoms with Gasteiger partial charge in [0.05, 0.1) is 15.8 Å². The number of sulfone groups is 1. The maximum Gasteiger partial charge on any atom is 0.186 e. The molecule has 2 atom stereocenters. The Balaban J connectivity index is 2.71. The summed E-state index contributed by atoms with van der Waals surface area (Å²) in [5, 5.41) is 2.71. The van der Waals surface area contributed by atoms with E-state index in [9.17, 15) is 8.42 Å². The third-order valence-corrected chi connectivity index (χ3v) is 5.64. The smallest absolute Gasteiger partial charge is 0.186 e. The van der Waals surface area contributed by atoms with Crippen LogP contribution in [-0.4, -0.2) is 26.3 Å². The number of hydrogen-bond donors (Lipinski definition) is 2. The van der Waals surface area contributed by atoms with Crippen LogP contribution in [0.2, 0.25) is 0 Å². The van der Waals surface area contributed by atoms with Crippen molar-refractivity contribution in [3.05, 3.63) is 23.3 Å². The standard InChI is InChI=1S/C12H18N2O2S/c1-7-4-8(2)12-10(5-7)17(15,16)11(6-13)9(3)14-12/h4-5,9,11,14H,6,13H2,1-3H3. The molecule has 1 aromatic carbocycles. The van der Waals surface area contributed by atoms with E-state index in [-0.39, 0.29) is 12.6 Å². The molecule has 0 radical (unpaired) electrons. The topological polar surface area (TPSA) is 72.2 Å². The predicted molar refractivity (Wildman–Crippen MR) is 69.0 cm³/mol. The van der Waals surface area contributed by atoms with Crippen molar-refractivity contribution >= 4 is 15.5 Å². The minimum atomic E-state index is -3.31. The number of aryl methyl sites for hydroxylation is 2. The molecule has 2 unspecified atom stereocenters. The summed E-state index contributed by atoms with van der Waals surface area (Å²) >= 11 is 0. The van der Waals surface area contributed by atoms with Crippen LogP contribution in [0.3, 0.4) is 0 Å². The highest BCUT2D eigenvalue weighted by Crippen LogP contribution is 2.35. The first-order valence-electron chi connectivity index (χ1n) is 5.69. The molecule has 0 fully saturated rings. The van der Waals surface area contributed by atoms with Gasteiger partial charge < -0.3 is 11.1 Å². The summed E-state index contributed by atoms with van der Waals surface area (Å²) in [4.78, 5) is 0.392. The number of benzene rings is 1. The maximum absolute atomic E-state index is 12.4. The first-order valence-corrected chi connectivity index (χ1v) is 7.24. The van der Waals surface area contributed by atoms with E-state index >= 15 is 0 Å². The lowest BCUT2D eigenvalue weighted by Gasteiger charge is -2.32. The Kier molecular flexibility index (Phi) is 2.91. The Labute approximate surface area is 102 Å². The van der Waals surface area contributed by atoms with Gasteiger partial charge in [0.1, 0.15) is 0 Å². The predicted octanol–water partition coefficient (Wildman–Crippen LogP) is 1.22. The average Bonchev–Trinajstić information content (AvgIpc) is 2.20. The van der Waals surface area contributed by atoms with E-state index in [1.807, 2.05) is 26.8 Å². The summed E-state index contributed by atoms with van der Waals surface area (Å²) in [6, 6.07) is 3.55. The molecule has 0 saturated heterocycles. The van der Waals surface area contributed by atoms with E-state index in [1.165, 1.54) is 0 Å². The van der Waals surface area contributed by atoms with Crippen LogP contribution in [0.4, 0.5) is 5.69 Å². The molecular formula is C12H18N2O2S. The molecule has 0 amide bonds. The SMILES string of the molecule is Cc1cc(C)c2c(c1)S(=O)(=O)C(CN)C(C)N2. The van der Waals surface area contributed by atoms with Crippen LogP contribution in [0.15, 0.2) is 17.0 Å². The van der Waals surface area contributed by atoms with Crippen LogP contribution in [0.5, 0.6) is 0 Å². The molecule has 5 heteroatoms. The molecule has 0 bridgehead atoms. The first-order chi connectivity index (χ1) is 7.87. The number of nitrogens with one attached hydrogen (secondary N) is 1. The summed E-state index contributed by atoms with van der Waals surface area (Å²) in [7, 11) is -3.31. The van der Waals surface area contributed by atoms with Crippen molar-refractivity contribution in [3.63, 3.8) is 0 Å². The lowest BCUT2D eigenvalue weighted by atomic mass is 10.1. The van der Waals surface area contributed by atoms with Gasteiger partial charge in [0.25, 0.3) is 0 Å². The normalized spacial score (nSPS) is 26.1. The lowest BCUT2D eigenvalue weighted by Crippen LogP contribution is -2.46. The second kappa shape index (κ2) is 3.99. The minimum absolute atomic E-state index is 0.142. The highest BCUT2D eigenvalue weighted by Gasteiger charge is 2.38. The summed E-state index contributed by atoms with van der Waals surface area (Å²) < 4.78 is 24.9. The molecular weight excluding hydrogens is 236 g/mol. The molecule has 1 aliphatic rings. The van der Waals surface area contributed by atoms with Gasteiger partial charge in [-0.15, -0.1) is 0 Å². The number of fused-ring (bicyclic) bond motifs is 1. The van der Waals surface area contributed by atoms with Gasteiger partial charge in [-0.3, -0.25) is 0 Å². The van der Waals surface area contributed by atoms with Crippen molar-refractivity contribution in [2.45, 2.75) is 37.0 Å². The zero-order chi connectivity index (χ0) is 12.8. The Morgan fingerprint density at radius 2 is 2.00 bits per heavy atom. The van der Waals surface area contributed by atoms with Gasteiger partial charge in [-0.25, -0.2) is 8.42 Å². The fraction of sp³-hybridized carbons (Fsp3) is 0.500. The average molecular weight is 254 g/mol. The van der Waals surface area contributed by atoms with Crippen LogP contribution in [-0.2, 0) is 9.84 Å². The Hall–Kier alpha value is -1.07. The Bertz CT molecular complexity index is 552. The van der Waals surface area contributed by atoms with Crippen LogP contribution in [0.1, 0.15) is 18.1 Å². The maximum atomic E-state index is 12.4. The van der Waals surface area contributed by atoms with Gasteiger partial charge >= 0.3 is 0 Å². The molecule has 17 heavy (non-hydrogen) atoms. The van der Waals surface area contributed by atoms with Gasteiger partial charge in [0, 0.05) is 12.6 Å².